The highest BCUT2D eigenvalue weighted by Crippen LogP contribution is 2.27. The van der Waals surface area contributed by atoms with Crippen LogP contribution >= 0.6 is 0 Å². The molecule has 0 saturated heterocycles. The molecule has 0 heterocycles. The van der Waals surface area contributed by atoms with Crippen LogP contribution < -0.4 is 9.62 Å². The molecule has 2 amide bonds. The van der Waals surface area contributed by atoms with Gasteiger partial charge in [-0.05, 0) is 48.2 Å². The molecule has 7 nitrogen and oxygen atoms in total. The van der Waals surface area contributed by atoms with E-state index in [2.05, 4.69) is 5.32 Å². The van der Waals surface area contributed by atoms with Crippen molar-refractivity contribution in [1.82, 2.24) is 10.2 Å². The number of nitrogens with one attached hydrogen (secondary N) is 1. The molecule has 1 N–H and O–H groups in total. The zero-order valence-corrected chi connectivity index (χ0v) is 26.0. The summed E-state index contributed by atoms with van der Waals surface area (Å²) in [6, 6.07) is 29.0. The van der Waals surface area contributed by atoms with Gasteiger partial charge in [-0.1, -0.05) is 104 Å². The maximum atomic E-state index is 15.2. The Labute approximate surface area is 259 Å². The second kappa shape index (κ2) is 14.8. The molecule has 0 saturated carbocycles. The Morgan fingerprint density at radius 3 is 2.00 bits per heavy atom. The van der Waals surface area contributed by atoms with E-state index >= 15 is 4.39 Å². The van der Waals surface area contributed by atoms with Crippen molar-refractivity contribution in [3.8, 4) is 0 Å². The van der Waals surface area contributed by atoms with Crippen LogP contribution in [0.2, 0.25) is 0 Å². The number of sulfonamides is 1. The monoisotopic (exact) mass is 615 g/mol. The van der Waals surface area contributed by atoms with Crippen molar-refractivity contribution >= 4 is 27.5 Å². The van der Waals surface area contributed by atoms with Crippen LogP contribution in [0.3, 0.4) is 0 Å². The summed E-state index contributed by atoms with van der Waals surface area (Å²) in [5.41, 5.74) is 2.37. The smallest absolute Gasteiger partial charge is 0.264 e. The summed E-state index contributed by atoms with van der Waals surface area (Å²) in [5, 5.41) is 2.96. The topological polar surface area (TPSA) is 86.8 Å². The minimum Gasteiger partial charge on any atom is -0.354 e. The maximum Gasteiger partial charge on any atom is 0.264 e. The lowest BCUT2D eigenvalue weighted by molar-refractivity contribution is -0.140. The molecule has 0 aliphatic rings. The predicted octanol–water partition coefficient (Wildman–Crippen LogP) is 5.74. The second-order valence-corrected chi connectivity index (χ2v) is 13.0. The van der Waals surface area contributed by atoms with Crippen LogP contribution in [0.5, 0.6) is 0 Å². The summed E-state index contributed by atoms with van der Waals surface area (Å²) < 4.78 is 43.8. The Bertz CT molecular complexity index is 1650. The average molecular weight is 616 g/mol. The summed E-state index contributed by atoms with van der Waals surface area (Å²) >= 11 is 0. The lowest BCUT2D eigenvalue weighted by atomic mass is 10.0. The van der Waals surface area contributed by atoms with Gasteiger partial charge in [-0.3, -0.25) is 13.9 Å². The Kier molecular flexibility index (Phi) is 10.9. The minimum atomic E-state index is -4.36. The molecule has 4 rings (SSSR count). The number of aryl methyl sites for hydroxylation is 1. The average Bonchev–Trinajstić information content (AvgIpc) is 3.02. The van der Waals surface area contributed by atoms with Crippen LogP contribution in [0.1, 0.15) is 30.5 Å². The Morgan fingerprint density at radius 2 is 1.39 bits per heavy atom. The summed E-state index contributed by atoms with van der Waals surface area (Å²) in [5.74, 6) is -1.62. The number of benzene rings is 4. The third-order valence-corrected chi connectivity index (χ3v) is 8.93. The van der Waals surface area contributed by atoms with Gasteiger partial charge in [0.25, 0.3) is 10.0 Å². The summed E-state index contributed by atoms with van der Waals surface area (Å²) in [6.07, 6.45) is 0.202. The van der Waals surface area contributed by atoms with Gasteiger partial charge in [-0.25, -0.2) is 12.8 Å². The van der Waals surface area contributed by atoms with Crippen molar-refractivity contribution in [3.05, 3.63) is 132 Å². The zero-order chi connectivity index (χ0) is 31.7. The van der Waals surface area contributed by atoms with Crippen LogP contribution in [-0.4, -0.2) is 44.3 Å². The van der Waals surface area contributed by atoms with E-state index in [-0.39, 0.29) is 35.4 Å². The number of para-hydroxylation sites is 1. The highest BCUT2D eigenvalue weighted by molar-refractivity contribution is 7.92. The first-order chi connectivity index (χ1) is 21.1. The van der Waals surface area contributed by atoms with Crippen LogP contribution in [0.4, 0.5) is 10.1 Å². The number of carbonyl (C=O) groups is 2. The van der Waals surface area contributed by atoms with E-state index in [0.29, 0.717) is 6.54 Å². The molecule has 44 heavy (non-hydrogen) atoms. The molecule has 0 spiro atoms. The molecule has 4 aromatic rings. The Morgan fingerprint density at radius 1 is 0.795 bits per heavy atom. The van der Waals surface area contributed by atoms with Gasteiger partial charge < -0.3 is 10.2 Å². The first-order valence-corrected chi connectivity index (χ1v) is 16.0. The summed E-state index contributed by atoms with van der Waals surface area (Å²) in [4.78, 5) is 29.5. The Balaban J connectivity index is 1.79. The maximum absolute atomic E-state index is 15.2. The van der Waals surface area contributed by atoms with Gasteiger partial charge in [0.2, 0.25) is 11.8 Å². The van der Waals surface area contributed by atoms with Crippen molar-refractivity contribution in [2.45, 2.75) is 44.7 Å². The molecule has 9 heteroatoms. The summed E-state index contributed by atoms with van der Waals surface area (Å²) in [6.45, 7) is 5.63. The van der Waals surface area contributed by atoms with E-state index in [0.717, 1.165) is 27.1 Å². The van der Waals surface area contributed by atoms with Gasteiger partial charge in [0.1, 0.15) is 18.4 Å². The predicted molar refractivity (Wildman–Crippen MR) is 171 cm³/mol. The quantitative estimate of drug-likeness (QED) is 0.208. The van der Waals surface area contributed by atoms with E-state index in [1.54, 1.807) is 18.2 Å². The van der Waals surface area contributed by atoms with Crippen molar-refractivity contribution in [2.75, 3.05) is 17.4 Å². The highest BCUT2D eigenvalue weighted by atomic mass is 32.2. The molecule has 0 aliphatic heterocycles. The van der Waals surface area contributed by atoms with E-state index in [1.165, 1.54) is 35.2 Å². The summed E-state index contributed by atoms with van der Waals surface area (Å²) in [7, 11) is -4.36. The molecule has 0 unspecified atom stereocenters. The standard InChI is InChI=1S/C35H38FN3O4S/c1-26(2)23-37-35(41)33(22-28-12-6-4-7-13-28)38(24-29-20-18-27(3)19-21-29)34(40)25-39(32-17-11-10-16-31(32)36)44(42,43)30-14-8-5-9-15-30/h4-21,26,33H,22-25H2,1-3H3,(H,37,41)/t33-/m1/s1. The fourth-order valence-electron chi connectivity index (χ4n) is 4.75. The number of rotatable bonds is 13. The third kappa shape index (κ3) is 8.32. The second-order valence-electron chi connectivity index (χ2n) is 11.1. The number of halogens is 1. The highest BCUT2D eigenvalue weighted by Gasteiger charge is 2.35. The Hall–Kier alpha value is -4.50. The largest absolute Gasteiger partial charge is 0.354 e. The number of hydrogen-bond donors (Lipinski definition) is 1. The van der Waals surface area contributed by atoms with Gasteiger partial charge in [0.15, 0.2) is 0 Å². The number of amides is 2. The van der Waals surface area contributed by atoms with E-state index in [4.69, 9.17) is 0 Å². The molecular formula is C35H38FN3O4S. The van der Waals surface area contributed by atoms with E-state index < -0.39 is 34.3 Å². The van der Waals surface area contributed by atoms with Gasteiger partial charge in [-0.15, -0.1) is 0 Å². The van der Waals surface area contributed by atoms with Crippen LogP contribution in [0.15, 0.2) is 114 Å². The molecule has 1 atom stereocenters. The van der Waals surface area contributed by atoms with Crippen LogP contribution in [0, 0.1) is 18.7 Å². The van der Waals surface area contributed by atoms with Gasteiger partial charge in [0, 0.05) is 19.5 Å². The number of nitrogens with zero attached hydrogens (tertiary/aromatic N) is 2. The molecule has 4 aromatic carbocycles. The molecule has 230 valence electrons. The van der Waals surface area contributed by atoms with Crippen molar-refractivity contribution in [2.24, 2.45) is 5.92 Å². The van der Waals surface area contributed by atoms with Crippen molar-refractivity contribution in [1.29, 1.82) is 0 Å². The van der Waals surface area contributed by atoms with Gasteiger partial charge >= 0.3 is 0 Å². The fourth-order valence-corrected chi connectivity index (χ4v) is 6.20. The molecule has 0 bridgehead atoms. The number of carbonyl (C=O) groups excluding carboxylic acids is 2. The van der Waals surface area contributed by atoms with Crippen LogP contribution in [-0.2, 0) is 32.6 Å². The minimum absolute atomic E-state index is 0.0439. The third-order valence-electron chi connectivity index (χ3n) is 7.16. The fraction of sp³-hybridized carbons (Fsp3) is 0.257. The van der Waals surface area contributed by atoms with Crippen LogP contribution in [0.25, 0.3) is 0 Å². The molecule has 0 aromatic heterocycles. The van der Waals surface area contributed by atoms with Gasteiger partial charge in [0.05, 0.1) is 10.6 Å². The first kappa shape index (κ1) is 32.4. The van der Waals surface area contributed by atoms with Crippen molar-refractivity contribution in [3.63, 3.8) is 0 Å². The molecule has 0 radical (unpaired) electrons. The van der Waals surface area contributed by atoms with Gasteiger partial charge in [-0.2, -0.15) is 0 Å². The zero-order valence-electron chi connectivity index (χ0n) is 25.2. The number of anilines is 1. The molecule has 0 fully saturated rings. The molecular weight excluding hydrogens is 577 g/mol. The normalized spacial score (nSPS) is 12.0. The van der Waals surface area contributed by atoms with E-state index in [9.17, 15) is 18.0 Å². The lowest BCUT2D eigenvalue weighted by Gasteiger charge is -2.34. The SMILES string of the molecule is Cc1ccc(CN(C(=O)CN(c2ccccc2F)S(=O)(=O)c2ccccc2)[C@H](Cc2ccccc2)C(=O)NCC(C)C)cc1. The lowest BCUT2D eigenvalue weighted by Crippen LogP contribution is -2.53. The number of hydrogen-bond acceptors (Lipinski definition) is 4. The van der Waals surface area contributed by atoms with E-state index in [1.807, 2.05) is 75.4 Å². The first-order valence-electron chi connectivity index (χ1n) is 14.5. The molecule has 0 aliphatic carbocycles. The van der Waals surface area contributed by atoms with Crippen molar-refractivity contribution < 1.29 is 22.4 Å².